The molecule has 4 heteroatoms. The summed E-state index contributed by atoms with van der Waals surface area (Å²) in [6, 6.07) is 9.76. The molecule has 108 valence electrons. The first kappa shape index (κ1) is 17.9. The number of carbonyl (C=O) groups excluding carboxylic acids is 1. The number of rotatable bonds is 6. The summed E-state index contributed by atoms with van der Waals surface area (Å²) < 4.78 is 0. The predicted molar refractivity (Wildman–Crippen MR) is 82.5 cm³/mol. The number of amides is 1. The molecule has 1 unspecified atom stereocenters. The smallest absolute Gasteiger partial charge is 0.224 e. The minimum absolute atomic E-state index is 0. The summed E-state index contributed by atoms with van der Waals surface area (Å²) in [6.45, 7) is 6.75. The highest BCUT2D eigenvalue weighted by molar-refractivity contribution is 5.85. The number of hydrogen-bond donors (Lipinski definition) is 2. The van der Waals surface area contributed by atoms with E-state index in [1.807, 2.05) is 37.3 Å². The molecule has 3 nitrogen and oxygen atoms in total. The standard InChI is InChI=1S/C15H24N2O.ClH/c1-12(2)10-15(3,11-16)17-14(18)9-13-7-5-4-6-8-13;/h4-8,12H,9-11,16H2,1-3H3,(H,17,18);1H. The van der Waals surface area contributed by atoms with Gasteiger partial charge in [0.15, 0.2) is 0 Å². The van der Waals surface area contributed by atoms with Gasteiger partial charge in [-0.2, -0.15) is 0 Å². The van der Waals surface area contributed by atoms with Gasteiger partial charge in [0.1, 0.15) is 0 Å². The van der Waals surface area contributed by atoms with Crippen LogP contribution in [0.2, 0.25) is 0 Å². The summed E-state index contributed by atoms with van der Waals surface area (Å²) >= 11 is 0. The van der Waals surface area contributed by atoms with Crippen molar-refractivity contribution < 1.29 is 4.79 Å². The third-order valence-corrected chi connectivity index (χ3v) is 2.96. The van der Waals surface area contributed by atoms with Crippen LogP contribution in [0.4, 0.5) is 0 Å². The summed E-state index contributed by atoms with van der Waals surface area (Å²) in [5, 5.41) is 3.06. The Morgan fingerprint density at radius 2 is 1.89 bits per heavy atom. The molecule has 0 aliphatic heterocycles. The molecular formula is C15H25ClN2O. The maximum Gasteiger partial charge on any atom is 0.224 e. The van der Waals surface area contributed by atoms with Gasteiger partial charge >= 0.3 is 0 Å². The maximum atomic E-state index is 12.0. The van der Waals surface area contributed by atoms with Crippen LogP contribution in [-0.2, 0) is 11.2 Å². The molecule has 0 radical (unpaired) electrons. The van der Waals surface area contributed by atoms with E-state index in [1.54, 1.807) is 0 Å². The van der Waals surface area contributed by atoms with Crippen molar-refractivity contribution >= 4 is 18.3 Å². The lowest BCUT2D eigenvalue weighted by Gasteiger charge is -2.31. The predicted octanol–water partition coefficient (Wildman–Crippen LogP) is 2.53. The molecule has 0 heterocycles. The first-order chi connectivity index (χ1) is 8.45. The molecule has 1 rings (SSSR count). The number of nitrogens with two attached hydrogens (primary N) is 1. The second-order valence-corrected chi connectivity index (χ2v) is 5.57. The Balaban J connectivity index is 0.00000324. The molecule has 19 heavy (non-hydrogen) atoms. The first-order valence-electron chi connectivity index (χ1n) is 6.50. The van der Waals surface area contributed by atoms with Crippen molar-refractivity contribution in [3.8, 4) is 0 Å². The normalized spacial score (nSPS) is 13.5. The van der Waals surface area contributed by atoms with Crippen molar-refractivity contribution in [1.82, 2.24) is 5.32 Å². The van der Waals surface area contributed by atoms with Crippen molar-refractivity contribution in [2.24, 2.45) is 11.7 Å². The Hall–Kier alpha value is -1.06. The van der Waals surface area contributed by atoms with E-state index in [2.05, 4.69) is 19.2 Å². The summed E-state index contributed by atoms with van der Waals surface area (Å²) in [5.41, 5.74) is 6.50. The van der Waals surface area contributed by atoms with Crippen LogP contribution in [0.5, 0.6) is 0 Å². The Kier molecular flexibility index (Phi) is 7.72. The van der Waals surface area contributed by atoms with E-state index in [0.29, 0.717) is 18.9 Å². The van der Waals surface area contributed by atoms with Crippen LogP contribution in [-0.4, -0.2) is 18.0 Å². The molecule has 0 aliphatic rings. The molecular weight excluding hydrogens is 260 g/mol. The van der Waals surface area contributed by atoms with Crippen LogP contribution in [0.1, 0.15) is 32.8 Å². The van der Waals surface area contributed by atoms with E-state index in [4.69, 9.17) is 5.73 Å². The lowest BCUT2D eigenvalue weighted by molar-refractivity contribution is -0.122. The van der Waals surface area contributed by atoms with Crippen molar-refractivity contribution in [2.75, 3.05) is 6.54 Å². The Morgan fingerprint density at radius 1 is 1.32 bits per heavy atom. The van der Waals surface area contributed by atoms with Gasteiger partial charge in [-0.25, -0.2) is 0 Å². The molecule has 0 aliphatic carbocycles. The van der Waals surface area contributed by atoms with E-state index in [0.717, 1.165) is 12.0 Å². The number of benzene rings is 1. The van der Waals surface area contributed by atoms with E-state index in [1.165, 1.54) is 0 Å². The fraction of sp³-hybridized carbons (Fsp3) is 0.533. The zero-order valence-electron chi connectivity index (χ0n) is 12.0. The molecule has 1 aromatic carbocycles. The van der Waals surface area contributed by atoms with Gasteiger partial charge in [0.05, 0.1) is 6.42 Å². The van der Waals surface area contributed by atoms with Crippen LogP contribution in [0, 0.1) is 5.92 Å². The fourth-order valence-electron chi connectivity index (χ4n) is 2.25. The van der Waals surface area contributed by atoms with Crippen LogP contribution in [0.15, 0.2) is 30.3 Å². The molecule has 0 saturated heterocycles. The Bertz CT molecular complexity index is 381. The number of nitrogens with one attached hydrogen (secondary N) is 1. The van der Waals surface area contributed by atoms with Crippen molar-refractivity contribution in [3.05, 3.63) is 35.9 Å². The summed E-state index contributed by atoms with van der Waals surface area (Å²) in [6.07, 6.45) is 1.30. The van der Waals surface area contributed by atoms with Crippen molar-refractivity contribution in [3.63, 3.8) is 0 Å². The quantitative estimate of drug-likeness (QED) is 0.843. The van der Waals surface area contributed by atoms with Crippen molar-refractivity contribution in [1.29, 1.82) is 0 Å². The second-order valence-electron chi connectivity index (χ2n) is 5.57. The average molecular weight is 285 g/mol. The van der Waals surface area contributed by atoms with Crippen LogP contribution < -0.4 is 11.1 Å². The number of halogens is 1. The Labute approximate surface area is 122 Å². The zero-order chi connectivity index (χ0) is 13.6. The summed E-state index contributed by atoms with van der Waals surface area (Å²) in [5.74, 6) is 0.547. The highest BCUT2D eigenvalue weighted by Crippen LogP contribution is 2.15. The largest absolute Gasteiger partial charge is 0.349 e. The van der Waals surface area contributed by atoms with E-state index < -0.39 is 0 Å². The molecule has 1 aromatic rings. The van der Waals surface area contributed by atoms with Gasteiger partial charge in [-0.3, -0.25) is 4.79 Å². The van der Waals surface area contributed by atoms with Crippen LogP contribution in [0.25, 0.3) is 0 Å². The van der Waals surface area contributed by atoms with Crippen molar-refractivity contribution in [2.45, 2.75) is 39.2 Å². The highest BCUT2D eigenvalue weighted by atomic mass is 35.5. The molecule has 0 bridgehead atoms. The lowest BCUT2D eigenvalue weighted by Crippen LogP contribution is -2.52. The second kappa shape index (κ2) is 8.18. The van der Waals surface area contributed by atoms with E-state index >= 15 is 0 Å². The van der Waals surface area contributed by atoms with Crippen LogP contribution >= 0.6 is 12.4 Å². The summed E-state index contributed by atoms with van der Waals surface area (Å²) in [4.78, 5) is 12.0. The minimum Gasteiger partial charge on any atom is -0.349 e. The SMILES string of the molecule is CC(C)CC(C)(CN)NC(=O)Cc1ccccc1.Cl. The van der Waals surface area contributed by atoms with Gasteiger partial charge in [0.2, 0.25) is 5.91 Å². The molecule has 0 fully saturated rings. The third kappa shape index (κ3) is 6.60. The summed E-state index contributed by atoms with van der Waals surface area (Å²) in [7, 11) is 0. The highest BCUT2D eigenvalue weighted by Gasteiger charge is 2.25. The van der Waals surface area contributed by atoms with Gasteiger partial charge < -0.3 is 11.1 Å². The maximum absolute atomic E-state index is 12.0. The average Bonchev–Trinajstić information content (AvgIpc) is 2.28. The molecule has 0 saturated carbocycles. The molecule has 1 amide bonds. The minimum atomic E-state index is -0.306. The van der Waals surface area contributed by atoms with Gasteiger partial charge in [-0.1, -0.05) is 44.2 Å². The molecule has 3 N–H and O–H groups in total. The molecule has 1 atom stereocenters. The lowest BCUT2D eigenvalue weighted by atomic mass is 9.90. The fourth-order valence-corrected chi connectivity index (χ4v) is 2.25. The van der Waals surface area contributed by atoms with Gasteiger partial charge in [0, 0.05) is 12.1 Å². The monoisotopic (exact) mass is 284 g/mol. The first-order valence-corrected chi connectivity index (χ1v) is 6.50. The van der Waals surface area contributed by atoms with Gasteiger partial charge in [0.25, 0.3) is 0 Å². The number of hydrogen-bond acceptors (Lipinski definition) is 2. The van der Waals surface area contributed by atoms with Gasteiger partial charge in [-0.15, -0.1) is 12.4 Å². The number of carbonyl (C=O) groups is 1. The Morgan fingerprint density at radius 3 is 2.37 bits per heavy atom. The third-order valence-electron chi connectivity index (χ3n) is 2.96. The topological polar surface area (TPSA) is 55.1 Å². The van der Waals surface area contributed by atoms with Crippen LogP contribution in [0.3, 0.4) is 0 Å². The molecule has 0 spiro atoms. The van der Waals surface area contributed by atoms with E-state index in [-0.39, 0.29) is 23.9 Å². The molecule has 0 aromatic heterocycles. The van der Waals surface area contributed by atoms with E-state index in [9.17, 15) is 4.79 Å². The van der Waals surface area contributed by atoms with Gasteiger partial charge in [-0.05, 0) is 24.8 Å². The zero-order valence-corrected chi connectivity index (χ0v) is 12.8.